The van der Waals surface area contributed by atoms with Gasteiger partial charge in [0.15, 0.2) is 5.16 Å². The van der Waals surface area contributed by atoms with Crippen LogP contribution in [0.25, 0.3) is 11.3 Å². The summed E-state index contributed by atoms with van der Waals surface area (Å²) in [7, 11) is 0. The third-order valence-corrected chi connectivity index (χ3v) is 5.84. The van der Waals surface area contributed by atoms with E-state index in [1.54, 1.807) is 0 Å². The van der Waals surface area contributed by atoms with Gasteiger partial charge in [-0.1, -0.05) is 42.1 Å². The second-order valence-corrected chi connectivity index (χ2v) is 7.47. The highest BCUT2D eigenvalue weighted by Gasteiger charge is 2.22. The fourth-order valence-corrected chi connectivity index (χ4v) is 4.48. The summed E-state index contributed by atoms with van der Waals surface area (Å²) in [5.41, 5.74) is 2.40. The van der Waals surface area contributed by atoms with E-state index in [-0.39, 0.29) is 0 Å². The number of rotatable bonds is 6. The maximum absolute atomic E-state index is 5.87. The Morgan fingerprint density at radius 3 is 2.50 bits per heavy atom. The van der Waals surface area contributed by atoms with Crippen LogP contribution in [0, 0.1) is 0 Å². The van der Waals surface area contributed by atoms with Crippen LogP contribution in [0.5, 0.6) is 0 Å². The van der Waals surface area contributed by atoms with Crippen molar-refractivity contribution in [1.29, 1.82) is 0 Å². The Hall–Kier alpha value is -1.30. The quantitative estimate of drug-likeness (QED) is 0.742. The van der Waals surface area contributed by atoms with Gasteiger partial charge in [0, 0.05) is 19.0 Å². The first-order valence-electron chi connectivity index (χ1n) is 8.87. The van der Waals surface area contributed by atoms with E-state index in [2.05, 4.69) is 34.9 Å². The van der Waals surface area contributed by atoms with Crippen LogP contribution in [-0.2, 0) is 16.0 Å². The molecule has 0 radical (unpaired) electrons. The van der Waals surface area contributed by atoms with Crippen LogP contribution < -0.4 is 0 Å². The van der Waals surface area contributed by atoms with E-state index in [1.165, 1.54) is 30.5 Å². The molecule has 0 bridgehead atoms. The molecule has 24 heavy (non-hydrogen) atoms. The lowest BCUT2D eigenvalue weighted by atomic mass is 10.1. The number of benzene rings is 1. The first-order valence-corrected chi connectivity index (χ1v) is 9.85. The van der Waals surface area contributed by atoms with Crippen molar-refractivity contribution < 1.29 is 9.47 Å². The van der Waals surface area contributed by atoms with Crippen molar-refractivity contribution in [2.45, 2.75) is 49.6 Å². The van der Waals surface area contributed by atoms with E-state index in [1.807, 2.05) is 18.0 Å². The standard InChI is InChI=1S/C19H24N2O2S/c1-2-6-15(7-3-1)18-12-20-19(24-14-17-9-5-11-23-17)21(18)13-16-8-4-10-22-16/h1-3,6-7,12,16-17H,4-5,8-11,13-14H2/t16-,17-/m1/s1. The summed E-state index contributed by atoms with van der Waals surface area (Å²) >= 11 is 1.81. The second kappa shape index (κ2) is 7.72. The topological polar surface area (TPSA) is 36.3 Å². The molecule has 0 aliphatic carbocycles. The third kappa shape index (κ3) is 3.68. The van der Waals surface area contributed by atoms with Gasteiger partial charge in [-0.25, -0.2) is 4.98 Å². The zero-order chi connectivity index (χ0) is 16.2. The van der Waals surface area contributed by atoms with E-state index in [0.29, 0.717) is 12.2 Å². The van der Waals surface area contributed by atoms with Crippen molar-refractivity contribution in [1.82, 2.24) is 9.55 Å². The summed E-state index contributed by atoms with van der Waals surface area (Å²) in [6, 6.07) is 10.5. The first kappa shape index (κ1) is 16.2. The zero-order valence-electron chi connectivity index (χ0n) is 13.9. The Morgan fingerprint density at radius 2 is 1.79 bits per heavy atom. The average Bonchev–Trinajstić information content (AvgIpc) is 3.37. The lowest BCUT2D eigenvalue weighted by molar-refractivity contribution is 0.0953. The monoisotopic (exact) mass is 344 g/mol. The van der Waals surface area contributed by atoms with E-state index < -0.39 is 0 Å². The normalized spacial score (nSPS) is 23.8. The van der Waals surface area contributed by atoms with Crippen molar-refractivity contribution >= 4 is 11.8 Å². The minimum atomic E-state index is 0.309. The Bertz CT molecular complexity index is 647. The van der Waals surface area contributed by atoms with Gasteiger partial charge in [0.25, 0.3) is 0 Å². The molecular formula is C19H24N2O2S. The van der Waals surface area contributed by atoms with Crippen LogP contribution in [0.3, 0.4) is 0 Å². The highest BCUT2D eigenvalue weighted by molar-refractivity contribution is 7.99. The lowest BCUT2D eigenvalue weighted by Gasteiger charge is -2.17. The van der Waals surface area contributed by atoms with Gasteiger partial charge in [-0.2, -0.15) is 0 Å². The van der Waals surface area contributed by atoms with Crippen molar-refractivity contribution in [2.75, 3.05) is 19.0 Å². The summed E-state index contributed by atoms with van der Waals surface area (Å²) in [6.45, 7) is 2.68. The van der Waals surface area contributed by atoms with E-state index in [9.17, 15) is 0 Å². The molecule has 0 spiro atoms. The van der Waals surface area contributed by atoms with Crippen LogP contribution in [0.1, 0.15) is 25.7 Å². The predicted octanol–water partition coefficient (Wildman–Crippen LogP) is 4.00. The molecule has 2 aromatic rings. The molecule has 1 aromatic carbocycles. The summed E-state index contributed by atoms with van der Waals surface area (Å²) in [5, 5.41) is 1.08. The molecule has 3 heterocycles. The number of nitrogens with zero attached hydrogens (tertiary/aromatic N) is 2. The van der Waals surface area contributed by atoms with Gasteiger partial charge >= 0.3 is 0 Å². The van der Waals surface area contributed by atoms with Gasteiger partial charge in [0.05, 0.1) is 30.6 Å². The van der Waals surface area contributed by atoms with Crippen LogP contribution in [-0.4, -0.2) is 40.7 Å². The Kier molecular flexibility index (Phi) is 5.21. The summed E-state index contributed by atoms with van der Waals surface area (Å²) < 4.78 is 14.0. The minimum Gasteiger partial charge on any atom is -0.377 e. The molecule has 128 valence electrons. The highest BCUT2D eigenvalue weighted by Crippen LogP contribution is 2.30. The van der Waals surface area contributed by atoms with Gasteiger partial charge in [0.2, 0.25) is 0 Å². The molecule has 0 saturated carbocycles. The fraction of sp³-hybridized carbons (Fsp3) is 0.526. The Labute approximate surface area is 147 Å². The predicted molar refractivity (Wildman–Crippen MR) is 96.3 cm³/mol. The summed E-state index contributed by atoms with van der Waals surface area (Å²) in [4.78, 5) is 4.71. The van der Waals surface area contributed by atoms with E-state index in [0.717, 1.165) is 37.1 Å². The molecule has 2 aliphatic heterocycles. The Balaban J connectivity index is 1.56. The van der Waals surface area contributed by atoms with Gasteiger partial charge in [-0.15, -0.1) is 0 Å². The fourth-order valence-electron chi connectivity index (χ4n) is 3.42. The van der Waals surface area contributed by atoms with Crippen LogP contribution in [0.2, 0.25) is 0 Å². The maximum atomic E-state index is 5.87. The molecule has 0 N–H and O–H groups in total. The molecular weight excluding hydrogens is 320 g/mol. The van der Waals surface area contributed by atoms with Crippen LogP contribution in [0.15, 0.2) is 41.7 Å². The largest absolute Gasteiger partial charge is 0.377 e. The molecule has 2 atom stereocenters. The molecule has 1 aromatic heterocycles. The number of hydrogen-bond acceptors (Lipinski definition) is 4. The molecule has 5 heteroatoms. The Morgan fingerprint density at radius 1 is 1.04 bits per heavy atom. The number of thioether (sulfide) groups is 1. The van der Waals surface area contributed by atoms with Gasteiger partial charge in [-0.05, 0) is 31.2 Å². The zero-order valence-corrected chi connectivity index (χ0v) is 14.7. The van der Waals surface area contributed by atoms with Crippen molar-refractivity contribution in [2.24, 2.45) is 0 Å². The summed E-state index contributed by atoms with van der Waals surface area (Å²) in [6.07, 6.45) is 7.35. The molecule has 4 nitrogen and oxygen atoms in total. The third-order valence-electron chi connectivity index (χ3n) is 4.72. The molecule has 2 fully saturated rings. The number of aromatic nitrogens is 2. The molecule has 4 rings (SSSR count). The molecule has 0 unspecified atom stereocenters. The smallest absolute Gasteiger partial charge is 0.168 e. The van der Waals surface area contributed by atoms with Gasteiger partial charge in [0.1, 0.15) is 0 Å². The average molecular weight is 344 g/mol. The van der Waals surface area contributed by atoms with E-state index in [4.69, 9.17) is 14.5 Å². The molecule has 0 amide bonds. The van der Waals surface area contributed by atoms with Crippen molar-refractivity contribution in [3.05, 3.63) is 36.5 Å². The number of imidazole rings is 1. The van der Waals surface area contributed by atoms with Crippen molar-refractivity contribution in [3.8, 4) is 11.3 Å². The van der Waals surface area contributed by atoms with Crippen LogP contribution >= 0.6 is 11.8 Å². The van der Waals surface area contributed by atoms with Gasteiger partial charge in [-0.3, -0.25) is 0 Å². The maximum Gasteiger partial charge on any atom is 0.168 e. The minimum absolute atomic E-state index is 0.309. The van der Waals surface area contributed by atoms with E-state index >= 15 is 0 Å². The first-order chi connectivity index (χ1) is 11.9. The molecule has 2 saturated heterocycles. The number of hydrogen-bond donors (Lipinski definition) is 0. The van der Waals surface area contributed by atoms with Crippen molar-refractivity contribution in [3.63, 3.8) is 0 Å². The molecule has 2 aliphatic rings. The highest BCUT2D eigenvalue weighted by atomic mass is 32.2. The SMILES string of the molecule is c1ccc(-c2cnc(SC[C@H]3CCCO3)n2C[C@H]2CCCO2)cc1. The second-order valence-electron chi connectivity index (χ2n) is 6.48. The van der Waals surface area contributed by atoms with Gasteiger partial charge < -0.3 is 14.0 Å². The van der Waals surface area contributed by atoms with Crippen LogP contribution in [0.4, 0.5) is 0 Å². The summed E-state index contributed by atoms with van der Waals surface area (Å²) in [5.74, 6) is 0.983. The lowest BCUT2D eigenvalue weighted by Crippen LogP contribution is -2.17. The number of ether oxygens (including phenoxy) is 2.